The molecular weight excluding hydrogens is 206 g/mol. The molecule has 1 saturated heterocycles. The molecule has 16 heavy (non-hydrogen) atoms. The quantitative estimate of drug-likeness (QED) is 0.712. The zero-order valence-corrected chi connectivity index (χ0v) is 8.75. The van der Waals surface area contributed by atoms with Crippen LogP contribution < -0.4 is 16.4 Å². The zero-order valence-electron chi connectivity index (χ0n) is 8.75. The molecule has 1 aliphatic heterocycles. The zero-order chi connectivity index (χ0) is 11.0. The summed E-state index contributed by atoms with van der Waals surface area (Å²) in [6.07, 6.45) is 0. The lowest BCUT2D eigenvalue weighted by Gasteiger charge is -2.27. The lowest BCUT2D eigenvalue weighted by Crippen LogP contribution is -2.45. The van der Waals surface area contributed by atoms with Crippen LogP contribution in [0.25, 0.3) is 11.1 Å². The van der Waals surface area contributed by atoms with E-state index in [0.29, 0.717) is 11.5 Å². The summed E-state index contributed by atoms with van der Waals surface area (Å²) in [6, 6.07) is 5.62. The molecule has 5 heteroatoms. The Bertz CT molecular complexity index is 554. The van der Waals surface area contributed by atoms with Gasteiger partial charge in [-0.05, 0) is 18.2 Å². The van der Waals surface area contributed by atoms with E-state index in [2.05, 4.69) is 15.6 Å². The van der Waals surface area contributed by atoms with Gasteiger partial charge in [0.1, 0.15) is 0 Å². The van der Waals surface area contributed by atoms with Crippen LogP contribution in [0.4, 0.5) is 5.69 Å². The first-order valence-corrected chi connectivity index (χ1v) is 5.39. The topological polar surface area (TPSA) is 70.1 Å². The van der Waals surface area contributed by atoms with Crippen molar-refractivity contribution in [3.63, 3.8) is 0 Å². The average Bonchev–Trinajstić information content (AvgIpc) is 2.55. The number of aromatic amines is 1. The van der Waals surface area contributed by atoms with Gasteiger partial charge < -0.3 is 15.1 Å². The number of nitrogens with one attached hydrogen (secondary N) is 3. The van der Waals surface area contributed by atoms with Gasteiger partial charge in [0.2, 0.25) is 0 Å². The molecule has 1 fully saturated rings. The molecule has 5 nitrogen and oxygen atoms in total. The second-order valence-corrected chi connectivity index (χ2v) is 4.13. The van der Waals surface area contributed by atoms with Crippen LogP contribution in [0.15, 0.2) is 27.4 Å². The third kappa shape index (κ3) is 1.69. The van der Waals surface area contributed by atoms with E-state index in [1.165, 1.54) is 0 Å². The highest BCUT2D eigenvalue weighted by Gasteiger charge is 2.15. The van der Waals surface area contributed by atoms with Gasteiger partial charge in [-0.15, -0.1) is 0 Å². The first kappa shape index (κ1) is 9.47. The first-order chi connectivity index (χ1) is 7.81. The molecule has 0 spiro atoms. The SMILES string of the molecule is O=c1[nH]c2cc(NCC3CNC3)ccc2o1. The summed E-state index contributed by atoms with van der Waals surface area (Å²) < 4.78 is 4.93. The van der Waals surface area contributed by atoms with E-state index in [-0.39, 0.29) is 0 Å². The second-order valence-electron chi connectivity index (χ2n) is 4.13. The molecule has 84 valence electrons. The van der Waals surface area contributed by atoms with Crippen LogP contribution in [-0.4, -0.2) is 24.6 Å². The normalized spacial score (nSPS) is 16.2. The Balaban J connectivity index is 1.78. The average molecular weight is 219 g/mol. The summed E-state index contributed by atoms with van der Waals surface area (Å²) in [5.41, 5.74) is 2.35. The molecule has 0 unspecified atom stereocenters. The van der Waals surface area contributed by atoms with Crippen molar-refractivity contribution in [1.29, 1.82) is 0 Å². The molecule has 3 N–H and O–H groups in total. The minimum atomic E-state index is -0.407. The highest BCUT2D eigenvalue weighted by atomic mass is 16.4. The molecule has 0 amide bonds. The summed E-state index contributed by atoms with van der Waals surface area (Å²) >= 11 is 0. The van der Waals surface area contributed by atoms with Crippen molar-refractivity contribution in [2.45, 2.75) is 0 Å². The van der Waals surface area contributed by atoms with Crippen molar-refractivity contribution in [2.75, 3.05) is 25.0 Å². The number of fused-ring (bicyclic) bond motifs is 1. The minimum Gasteiger partial charge on any atom is -0.408 e. The van der Waals surface area contributed by atoms with Crippen molar-refractivity contribution >= 4 is 16.8 Å². The van der Waals surface area contributed by atoms with Crippen molar-refractivity contribution in [2.24, 2.45) is 5.92 Å². The largest absolute Gasteiger partial charge is 0.417 e. The Morgan fingerprint density at radius 3 is 3.06 bits per heavy atom. The maximum Gasteiger partial charge on any atom is 0.417 e. The van der Waals surface area contributed by atoms with Gasteiger partial charge in [0.15, 0.2) is 5.58 Å². The number of aromatic nitrogens is 1. The Morgan fingerprint density at radius 2 is 2.31 bits per heavy atom. The van der Waals surface area contributed by atoms with Gasteiger partial charge in [0.25, 0.3) is 0 Å². The van der Waals surface area contributed by atoms with Crippen LogP contribution in [0.2, 0.25) is 0 Å². The van der Waals surface area contributed by atoms with Crippen LogP contribution >= 0.6 is 0 Å². The maximum absolute atomic E-state index is 11.0. The van der Waals surface area contributed by atoms with Crippen molar-refractivity contribution in [1.82, 2.24) is 10.3 Å². The van der Waals surface area contributed by atoms with Gasteiger partial charge in [-0.3, -0.25) is 4.98 Å². The van der Waals surface area contributed by atoms with Crippen LogP contribution in [0.5, 0.6) is 0 Å². The fourth-order valence-electron chi connectivity index (χ4n) is 1.82. The number of hydrogen-bond donors (Lipinski definition) is 3. The molecule has 1 aromatic heterocycles. The molecule has 0 saturated carbocycles. The predicted molar refractivity (Wildman–Crippen MR) is 61.7 cm³/mol. The smallest absolute Gasteiger partial charge is 0.408 e. The minimum absolute atomic E-state index is 0.407. The van der Waals surface area contributed by atoms with Crippen LogP contribution in [0.3, 0.4) is 0 Å². The van der Waals surface area contributed by atoms with E-state index in [4.69, 9.17) is 4.42 Å². The van der Waals surface area contributed by atoms with E-state index in [1.54, 1.807) is 6.07 Å². The highest BCUT2D eigenvalue weighted by molar-refractivity contribution is 5.76. The van der Waals surface area contributed by atoms with Crippen molar-refractivity contribution in [3.8, 4) is 0 Å². The monoisotopic (exact) mass is 219 g/mol. The van der Waals surface area contributed by atoms with E-state index >= 15 is 0 Å². The Morgan fingerprint density at radius 1 is 1.44 bits per heavy atom. The predicted octanol–water partition coefficient (Wildman–Crippen LogP) is 0.752. The fraction of sp³-hybridized carbons (Fsp3) is 0.364. The molecule has 1 aliphatic rings. The lowest BCUT2D eigenvalue weighted by molar-refractivity contribution is 0.365. The third-order valence-electron chi connectivity index (χ3n) is 2.88. The number of hydrogen-bond acceptors (Lipinski definition) is 4. The van der Waals surface area contributed by atoms with E-state index in [9.17, 15) is 4.79 Å². The summed E-state index contributed by atoms with van der Waals surface area (Å²) in [5, 5.41) is 6.57. The third-order valence-corrected chi connectivity index (χ3v) is 2.88. The lowest BCUT2D eigenvalue weighted by atomic mass is 10.0. The van der Waals surface area contributed by atoms with E-state index in [0.717, 1.165) is 30.8 Å². The summed E-state index contributed by atoms with van der Waals surface area (Å²) in [6.45, 7) is 3.12. The molecule has 2 aromatic rings. The van der Waals surface area contributed by atoms with Gasteiger partial charge in [-0.25, -0.2) is 4.79 Å². The highest BCUT2D eigenvalue weighted by Crippen LogP contribution is 2.16. The summed E-state index contributed by atoms with van der Waals surface area (Å²) in [5.74, 6) is 0.300. The Kier molecular flexibility index (Phi) is 2.18. The van der Waals surface area contributed by atoms with Gasteiger partial charge in [0, 0.05) is 31.2 Å². The molecule has 2 heterocycles. The number of H-pyrrole nitrogens is 1. The number of benzene rings is 1. The molecule has 3 rings (SSSR count). The van der Waals surface area contributed by atoms with E-state index in [1.807, 2.05) is 12.1 Å². The summed E-state index contributed by atoms with van der Waals surface area (Å²) in [7, 11) is 0. The van der Waals surface area contributed by atoms with Gasteiger partial charge in [-0.1, -0.05) is 0 Å². The van der Waals surface area contributed by atoms with Crippen LogP contribution in [0, 0.1) is 5.92 Å². The molecule has 0 radical (unpaired) electrons. The molecule has 1 aromatic carbocycles. The molecule has 0 bridgehead atoms. The van der Waals surface area contributed by atoms with Gasteiger partial charge >= 0.3 is 5.76 Å². The number of anilines is 1. The standard InChI is InChI=1S/C11H13N3O2/c15-11-14-9-3-8(1-2-10(9)16-11)13-6-7-4-12-5-7/h1-3,7,12-13H,4-6H2,(H,14,15). The second kappa shape index (κ2) is 3.68. The molecule has 0 aliphatic carbocycles. The number of oxazole rings is 1. The van der Waals surface area contributed by atoms with Gasteiger partial charge in [-0.2, -0.15) is 0 Å². The van der Waals surface area contributed by atoms with Gasteiger partial charge in [0.05, 0.1) is 5.52 Å². The summed E-state index contributed by atoms with van der Waals surface area (Å²) in [4.78, 5) is 13.6. The fourth-order valence-corrected chi connectivity index (χ4v) is 1.82. The Hall–Kier alpha value is -1.75. The van der Waals surface area contributed by atoms with Crippen molar-refractivity contribution < 1.29 is 4.42 Å². The van der Waals surface area contributed by atoms with Crippen LogP contribution in [0.1, 0.15) is 0 Å². The molecular formula is C11H13N3O2. The molecule has 0 atom stereocenters. The Labute approximate surface area is 91.8 Å². The number of rotatable bonds is 3. The van der Waals surface area contributed by atoms with Crippen molar-refractivity contribution in [3.05, 3.63) is 28.7 Å². The maximum atomic E-state index is 11.0. The first-order valence-electron chi connectivity index (χ1n) is 5.39. The van der Waals surface area contributed by atoms with Crippen LogP contribution in [-0.2, 0) is 0 Å². The van der Waals surface area contributed by atoms with E-state index < -0.39 is 5.76 Å².